The molecule has 0 radical (unpaired) electrons. The van der Waals surface area contributed by atoms with Gasteiger partial charge in [0, 0.05) is 37.8 Å². The number of hydrogen-bond donors (Lipinski definition) is 0. The second-order valence-electron chi connectivity index (χ2n) is 6.29. The predicted octanol–water partition coefficient (Wildman–Crippen LogP) is 2.12. The summed E-state index contributed by atoms with van der Waals surface area (Å²) in [4.78, 5) is 14.1. The van der Waals surface area contributed by atoms with Crippen LogP contribution in [0.4, 0.5) is 4.39 Å². The Morgan fingerprint density at radius 3 is 2.37 bits per heavy atom. The lowest BCUT2D eigenvalue weighted by Gasteiger charge is -2.26. The van der Waals surface area contributed by atoms with Gasteiger partial charge in [-0.1, -0.05) is 18.2 Å². The lowest BCUT2D eigenvalue weighted by molar-refractivity contribution is 0.0730. The number of nitrogens with zero attached hydrogens (tertiary/aromatic N) is 2. The Morgan fingerprint density at radius 2 is 1.74 bits per heavy atom. The summed E-state index contributed by atoms with van der Waals surface area (Å²) < 4.78 is 45.5. The molecule has 1 fully saturated rings. The number of carbonyl (C=O) groups excluding carboxylic acids is 1. The van der Waals surface area contributed by atoms with Crippen molar-refractivity contribution < 1.29 is 22.3 Å². The zero-order chi connectivity index (χ0) is 19.4. The molecule has 6 nitrogen and oxygen atoms in total. The molecule has 0 spiro atoms. The fourth-order valence-corrected chi connectivity index (χ4v) is 4.29. The SMILES string of the molecule is CN(Cc1ccccc1F)C(=O)c1ccc(S(=O)(=O)N2CCOCC2)cc1. The van der Waals surface area contributed by atoms with E-state index in [-0.39, 0.29) is 23.2 Å². The molecule has 0 aliphatic carbocycles. The highest BCUT2D eigenvalue weighted by Gasteiger charge is 2.26. The Bertz CT molecular complexity index is 910. The van der Waals surface area contributed by atoms with E-state index in [1.165, 1.54) is 39.5 Å². The summed E-state index contributed by atoms with van der Waals surface area (Å²) in [6.45, 7) is 1.50. The van der Waals surface area contributed by atoms with E-state index in [9.17, 15) is 17.6 Å². The van der Waals surface area contributed by atoms with Crippen LogP contribution in [-0.4, -0.2) is 56.9 Å². The van der Waals surface area contributed by atoms with Gasteiger partial charge in [0.05, 0.1) is 18.1 Å². The molecule has 1 amide bonds. The van der Waals surface area contributed by atoms with E-state index < -0.39 is 10.0 Å². The summed E-state index contributed by atoms with van der Waals surface area (Å²) >= 11 is 0. The van der Waals surface area contributed by atoms with Crippen molar-refractivity contribution in [3.8, 4) is 0 Å². The van der Waals surface area contributed by atoms with Crippen molar-refractivity contribution in [3.05, 3.63) is 65.5 Å². The Morgan fingerprint density at radius 1 is 1.11 bits per heavy atom. The van der Waals surface area contributed by atoms with Gasteiger partial charge in [-0.3, -0.25) is 4.79 Å². The number of hydrogen-bond acceptors (Lipinski definition) is 4. The normalized spacial score (nSPS) is 15.5. The van der Waals surface area contributed by atoms with Gasteiger partial charge in [-0.25, -0.2) is 12.8 Å². The standard InChI is InChI=1S/C19H21FN2O4S/c1-21(14-16-4-2-3-5-18(16)20)19(23)15-6-8-17(9-7-15)27(24,25)22-10-12-26-13-11-22/h2-9H,10-14H2,1H3. The molecule has 2 aromatic carbocycles. The van der Waals surface area contributed by atoms with Gasteiger partial charge < -0.3 is 9.64 Å². The molecular weight excluding hydrogens is 371 g/mol. The van der Waals surface area contributed by atoms with Crippen molar-refractivity contribution in [2.24, 2.45) is 0 Å². The summed E-state index contributed by atoms with van der Waals surface area (Å²) in [6, 6.07) is 12.1. The van der Waals surface area contributed by atoms with Crippen molar-refractivity contribution in [3.63, 3.8) is 0 Å². The zero-order valence-electron chi connectivity index (χ0n) is 15.0. The number of benzene rings is 2. The first-order chi connectivity index (χ1) is 12.9. The minimum Gasteiger partial charge on any atom is -0.379 e. The number of amides is 1. The van der Waals surface area contributed by atoms with E-state index >= 15 is 0 Å². The molecule has 2 aromatic rings. The largest absolute Gasteiger partial charge is 0.379 e. The molecule has 1 aliphatic rings. The Hall–Kier alpha value is -2.29. The van der Waals surface area contributed by atoms with E-state index in [2.05, 4.69) is 0 Å². The number of halogens is 1. The maximum Gasteiger partial charge on any atom is 0.253 e. The molecule has 27 heavy (non-hydrogen) atoms. The average Bonchev–Trinajstić information content (AvgIpc) is 2.70. The molecule has 0 N–H and O–H groups in total. The molecule has 1 heterocycles. The highest BCUT2D eigenvalue weighted by atomic mass is 32.2. The van der Waals surface area contributed by atoms with Crippen LogP contribution >= 0.6 is 0 Å². The minimum absolute atomic E-state index is 0.124. The Kier molecular flexibility index (Phi) is 5.88. The van der Waals surface area contributed by atoms with Gasteiger partial charge in [-0.15, -0.1) is 0 Å². The lowest BCUT2D eigenvalue weighted by Crippen LogP contribution is -2.40. The molecule has 8 heteroatoms. The smallest absolute Gasteiger partial charge is 0.253 e. The van der Waals surface area contributed by atoms with Crippen LogP contribution in [0.1, 0.15) is 15.9 Å². The lowest BCUT2D eigenvalue weighted by atomic mass is 10.1. The van der Waals surface area contributed by atoms with Crippen LogP contribution in [0.2, 0.25) is 0 Å². The molecule has 0 saturated carbocycles. The number of sulfonamides is 1. The summed E-state index contributed by atoms with van der Waals surface area (Å²) in [5, 5.41) is 0. The van der Waals surface area contributed by atoms with Gasteiger partial charge in [0.1, 0.15) is 5.82 Å². The fourth-order valence-electron chi connectivity index (χ4n) is 2.88. The monoisotopic (exact) mass is 392 g/mol. The van der Waals surface area contributed by atoms with Gasteiger partial charge in [0.15, 0.2) is 0 Å². The first kappa shape index (κ1) is 19.5. The van der Waals surface area contributed by atoms with Crippen LogP contribution in [0.5, 0.6) is 0 Å². The van der Waals surface area contributed by atoms with Gasteiger partial charge in [0.25, 0.3) is 5.91 Å². The number of ether oxygens (including phenoxy) is 1. The van der Waals surface area contributed by atoms with Crippen LogP contribution in [0.3, 0.4) is 0 Å². The van der Waals surface area contributed by atoms with Gasteiger partial charge in [-0.2, -0.15) is 4.31 Å². The van der Waals surface area contributed by atoms with E-state index in [1.54, 1.807) is 25.2 Å². The molecule has 0 bridgehead atoms. The van der Waals surface area contributed by atoms with Crippen molar-refractivity contribution in [1.29, 1.82) is 0 Å². The second-order valence-corrected chi connectivity index (χ2v) is 8.23. The molecular formula is C19H21FN2O4S. The Balaban J connectivity index is 1.72. The van der Waals surface area contributed by atoms with Crippen molar-refractivity contribution in [1.82, 2.24) is 9.21 Å². The van der Waals surface area contributed by atoms with Gasteiger partial charge in [0.2, 0.25) is 10.0 Å². The van der Waals surface area contributed by atoms with E-state index in [4.69, 9.17) is 4.74 Å². The van der Waals surface area contributed by atoms with Gasteiger partial charge in [-0.05, 0) is 30.3 Å². The fraction of sp³-hybridized carbons (Fsp3) is 0.316. The van der Waals surface area contributed by atoms with Crippen LogP contribution < -0.4 is 0 Å². The average molecular weight is 392 g/mol. The van der Waals surface area contributed by atoms with Crippen molar-refractivity contribution >= 4 is 15.9 Å². The molecule has 0 atom stereocenters. The van der Waals surface area contributed by atoms with Crippen LogP contribution in [0, 0.1) is 5.82 Å². The number of carbonyl (C=O) groups is 1. The molecule has 3 rings (SSSR count). The first-order valence-corrected chi connectivity index (χ1v) is 10.0. The Labute approximate surface area is 158 Å². The van der Waals surface area contributed by atoms with Crippen molar-refractivity contribution in [2.75, 3.05) is 33.4 Å². The predicted molar refractivity (Wildman–Crippen MR) is 98.2 cm³/mol. The van der Waals surface area contributed by atoms with Crippen LogP contribution in [0.25, 0.3) is 0 Å². The van der Waals surface area contributed by atoms with E-state index in [1.807, 2.05) is 0 Å². The van der Waals surface area contributed by atoms with Gasteiger partial charge >= 0.3 is 0 Å². The quantitative estimate of drug-likeness (QED) is 0.782. The summed E-state index contributed by atoms with van der Waals surface area (Å²) in [7, 11) is -2.02. The highest BCUT2D eigenvalue weighted by molar-refractivity contribution is 7.89. The third-order valence-corrected chi connectivity index (χ3v) is 6.33. The highest BCUT2D eigenvalue weighted by Crippen LogP contribution is 2.19. The zero-order valence-corrected chi connectivity index (χ0v) is 15.8. The molecule has 1 saturated heterocycles. The number of rotatable bonds is 5. The van der Waals surface area contributed by atoms with Crippen LogP contribution in [0.15, 0.2) is 53.4 Å². The van der Waals surface area contributed by atoms with E-state index in [0.29, 0.717) is 37.4 Å². The van der Waals surface area contributed by atoms with Crippen molar-refractivity contribution in [2.45, 2.75) is 11.4 Å². The topological polar surface area (TPSA) is 66.9 Å². The van der Waals surface area contributed by atoms with Crippen LogP contribution in [-0.2, 0) is 21.3 Å². The second kappa shape index (κ2) is 8.16. The third-order valence-electron chi connectivity index (χ3n) is 4.42. The molecule has 144 valence electrons. The third kappa shape index (κ3) is 4.35. The molecule has 0 unspecified atom stereocenters. The first-order valence-electron chi connectivity index (χ1n) is 8.56. The van der Waals surface area contributed by atoms with E-state index in [0.717, 1.165) is 0 Å². The maximum atomic E-state index is 13.8. The summed E-state index contributed by atoms with van der Waals surface area (Å²) in [5.74, 6) is -0.683. The maximum absolute atomic E-state index is 13.8. The summed E-state index contributed by atoms with van der Waals surface area (Å²) in [6.07, 6.45) is 0. The minimum atomic E-state index is -3.60. The molecule has 0 aromatic heterocycles. The number of morpholine rings is 1. The summed E-state index contributed by atoms with van der Waals surface area (Å²) in [5.41, 5.74) is 0.759. The molecule has 1 aliphatic heterocycles.